The normalized spacial score (nSPS) is 28.0. The zero-order valence-corrected chi connectivity index (χ0v) is 24.8. The minimum Gasteiger partial charge on any atom is -0.508 e. The van der Waals surface area contributed by atoms with Crippen molar-refractivity contribution in [3.8, 4) is 11.5 Å². The Hall–Kier alpha value is -4.35. The largest absolute Gasteiger partial charge is 0.508 e. The lowest BCUT2D eigenvalue weighted by atomic mass is 9.68. The fraction of sp³-hybridized carbons (Fsp3) is 0.273. The number of aromatic amines is 1. The first-order valence-electron chi connectivity index (χ1n) is 14.5. The molecule has 4 aliphatic rings. The van der Waals surface area contributed by atoms with Gasteiger partial charge in [-0.05, 0) is 66.6 Å². The van der Waals surface area contributed by atoms with Gasteiger partial charge in [0.2, 0.25) is 11.8 Å². The number of phenols is 1. The second-order valence-corrected chi connectivity index (χ2v) is 13.9. The maximum atomic E-state index is 13.9. The number of imide groups is 1. The Morgan fingerprint density at radius 2 is 1.64 bits per heavy atom. The third-order valence-electron chi connectivity index (χ3n) is 9.50. The summed E-state index contributed by atoms with van der Waals surface area (Å²) < 4.78 is 6.12. The number of carbonyl (C=O) groups excluding carboxylic acids is 3. The number of amides is 3. The van der Waals surface area contributed by atoms with Crippen molar-refractivity contribution < 1.29 is 24.2 Å². The number of thiazole rings is 1. The molecule has 4 aromatic rings. The molecule has 8 rings (SSSR count). The first-order chi connectivity index (χ1) is 21.4. The standard InChI is InChI=1S/C33H27N3O6S2/c37-18-12-10-16(11-13-18)34-23(38)15-42-22-9-5-4-8-19(22)24-25-20-14-21(28(25)43-30-29(24)44-33(41)35-30)27-26(20)31(39)36(32(27)40)17-6-2-1-3-7-17/h1-13,20-21,24-28,37H,14-15H2,(H,34,38)(H,35,41)/t20-,21-,24-,25?,26?,27?,28?/m1/s1. The van der Waals surface area contributed by atoms with Crippen molar-refractivity contribution in [2.45, 2.75) is 22.6 Å². The van der Waals surface area contributed by atoms with Crippen LogP contribution in [0.2, 0.25) is 0 Å². The quantitative estimate of drug-likeness (QED) is 0.207. The number of rotatable bonds is 6. The van der Waals surface area contributed by atoms with Crippen LogP contribution in [0.3, 0.4) is 0 Å². The van der Waals surface area contributed by atoms with Gasteiger partial charge in [-0.25, -0.2) is 0 Å². The summed E-state index contributed by atoms with van der Waals surface area (Å²) in [4.78, 5) is 58.3. The lowest BCUT2D eigenvalue weighted by Crippen LogP contribution is -2.42. The summed E-state index contributed by atoms with van der Waals surface area (Å²) in [5.41, 5.74) is 2.00. The highest BCUT2D eigenvalue weighted by molar-refractivity contribution is 8.00. The average Bonchev–Trinajstić information content (AvgIpc) is 3.76. The summed E-state index contributed by atoms with van der Waals surface area (Å²) in [6, 6.07) is 22.9. The summed E-state index contributed by atoms with van der Waals surface area (Å²) in [5.74, 6) is -0.999. The van der Waals surface area contributed by atoms with Crippen LogP contribution in [0, 0.1) is 29.6 Å². The van der Waals surface area contributed by atoms with Crippen LogP contribution < -0.4 is 19.8 Å². The summed E-state index contributed by atoms with van der Waals surface area (Å²) >= 11 is 2.82. The van der Waals surface area contributed by atoms with Gasteiger partial charge in [0, 0.05) is 27.3 Å². The number of fused-ring (bicyclic) bond motifs is 9. The third-order valence-corrected chi connectivity index (χ3v) is 12.1. The van der Waals surface area contributed by atoms with Gasteiger partial charge in [0.15, 0.2) is 6.61 Å². The smallest absolute Gasteiger partial charge is 0.305 e. The van der Waals surface area contributed by atoms with Crippen molar-refractivity contribution in [3.05, 3.63) is 99.0 Å². The highest BCUT2D eigenvalue weighted by atomic mass is 32.2. The summed E-state index contributed by atoms with van der Waals surface area (Å²) in [5, 5.41) is 13.1. The van der Waals surface area contributed by atoms with Crippen LogP contribution in [0.1, 0.15) is 22.8 Å². The Morgan fingerprint density at radius 3 is 2.41 bits per heavy atom. The number of H-pyrrole nitrogens is 1. The third kappa shape index (κ3) is 4.21. The fourth-order valence-corrected chi connectivity index (χ4v) is 10.8. The van der Waals surface area contributed by atoms with Gasteiger partial charge in [0.25, 0.3) is 5.91 Å². The number of thioether (sulfide) groups is 1. The number of hydrogen-bond acceptors (Lipinski definition) is 8. The van der Waals surface area contributed by atoms with Gasteiger partial charge in [0.1, 0.15) is 11.5 Å². The van der Waals surface area contributed by atoms with Crippen molar-refractivity contribution in [1.82, 2.24) is 4.98 Å². The fourth-order valence-electron chi connectivity index (χ4n) is 7.95. The number of ether oxygens (including phenoxy) is 1. The highest BCUT2D eigenvalue weighted by Gasteiger charge is 2.69. The zero-order valence-electron chi connectivity index (χ0n) is 23.2. The summed E-state index contributed by atoms with van der Waals surface area (Å²) in [7, 11) is 0. The van der Waals surface area contributed by atoms with Crippen molar-refractivity contribution in [2.75, 3.05) is 16.8 Å². The molecule has 3 aromatic carbocycles. The van der Waals surface area contributed by atoms with Crippen LogP contribution >= 0.6 is 23.1 Å². The Bertz CT molecular complexity index is 1850. The zero-order chi connectivity index (χ0) is 30.1. The van der Waals surface area contributed by atoms with Gasteiger partial charge in [0.05, 0.1) is 22.5 Å². The van der Waals surface area contributed by atoms with E-state index in [9.17, 15) is 24.3 Å². The van der Waals surface area contributed by atoms with Gasteiger partial charge in [-0.3, -0.25) is 24.1 Å². The van der Waals surface area contributed by atoms with Crippen molar-refractivity contribution in [3.63, 3.8) is 0 Å². The van der Waals surface area contributed by atoms with Gasteiger partial charge in [-0.1, -0.05) is 47.7 Å². The molecule has 2 aliphatic carbocycles. The summed E-state index contributed by atoms with van der Waals surface area (Å²) in [6.45, 7) is -0.237. The minimum atomic E-state index is -0.404. The Morgan fingerprint density at radius 1 is 0.932 bits per heavy atom. The number of phenolic OH excluding ortho intramolecular Hbond substituents is 1. The van der Waals surface area contributed by atoms with E-state index in [1.807, 2.05) is 42.5 Å². The maximum Gasteiger partial charge on any atom is 0.305 e. The SMILES string of the molecule is O=C(COc1ccccc1[C@H]1c2sc(=O)[nH]c2SC2C1[C@H]1C[C@@H]2C2C(=O)N(c3ccccc3)C(=O)C21)Nc1ccc(O)cc1. The van der Waals surface area contributed by atoms with E-state index in [0.717, 1.165) is 21.9 Å². The molecule has 3 N–H and O–H groups in total. The first-order valence-corrected chi connectivity index (χ1v) is 16.2. The van der Waals surface area contributed by atoms with Gasteiger partial charge < -0.3 is 20.1 Å². The molecule has 7 atom stereocenters. The number of nitrogens with one attached hydrogen (secondary N) is 2. The molecule has 3 fully saturated rings. The molecule has 222 valence electrons. The molecular weight excluding hydrogens is 599 g/mol. The molecule has 0 radical (unpaired) electrons. The predicted octanol–water partition coefficient (Wildman–Crippen LogP) is 4.84. The number of aromatic nitrogens is 1. The minimum absolute atomic E-state index is 0.00764. The van der Waals surface area contributed by atoms with Gasteiger partial charge in [-0.2, -0.15) is 0 Å². The van der Waals surface area contributed by atoms with Crippen LogP contribution in [0.25, 0.3) is 0 Å². The number of para-hydroxylation sites is 2. The highest BCUT2D eigenvalue weighted by Crippen LogP contribution is 2.69. The Kier molecular flexibility index (Phi) is 6.42. The number of benzene rings is 3. The predicted molar refractivity (Wildman–Crippen MR) is 166 cm³/mol. The molecule has 2 bridgehead atoms. The molecular formula is C33H27N3O6S2. The number of aromatic hydroxyl groups is 1. The van der Waals surface area contributed by atoms with E-state index in [-0.39, 0.29) is 69.8 Å². The number of carbonyl (C=O) groups is 3. The summed E-state index contributed by atoms with van der Waals surface area (Å²) in [6.07, 6.45) is 0.783. The number of nitrogens with zero attached hydrogens (tertiary/aromatic N) is 1. The van der Waals surface area contributed by atoms with E-state index in [0.29, 0.717) is 17.1 Å². The molecule has 11 heteroatoms. The molecule has 44 heavy (non-hydrogen) atoms. The first kappa shape index (κ1) is 27.2. The van der Waals surface area contributed by atoms with Crippen LogP contribution in [0.5, 0.6) is 11.5 Å². The van der Waals surface area contributed by atoms with E-state index in [4.69, 9.17) is 4.74 Å². The second kappa shape index (κ2) is 10.4. The molecule has 3 amide bonds. The van der Waals surface area contributed by atoms with E-state index in [1.54, 1.807) is 36.0 Å². The van der Waals surface area contributed by atoms with Crippen LogP contribution in [0.15, 0.2) is 88.7 Å². The number of anilines is 2. The van der Waals surface area contributed by atoms with Crippen molar-refractivity contribution in [2.24, 2.45) is 29.6 Å². The molecule has 1 aromatic heterocycles. The number of hydrogen-bond donors (Lipinski definition) is 3. The lowest BCUT2D eigenvalue weighted by Gasteiger charge is -2.43. The van der Waals surface area contributed by atoms with Gasteiger partial charge >= 0.3 is 4.87 Å². The molecule has 4 unspecified atom stereocenters. The van der Waals surface area contributed by atoms with E-state index in [1.165, 1.54) is 28.4 Å². The van der Waals surface area contributed by atoms with Crippen LogP contribution in [-0.2, 0) is 14.4 Å². The molecule has 0 spiro atoms. The second-order valence-electron chi connectivity index (χ2n) is 11.7. The monoisotopic (exact) mass is 625 g/mol. The molecule has 1 saturated heterocycles. The molecule has 9 nitrogen and oxygen atoms in total. The topological polar surface area (TPSA) is 129 Å². The van der Waals surface area contributed by atoms with Crippen LogP contribution in [-0.4, -0.2) is 39.7 Å². The van der Waals surface area contributed by atoms with Crippen molar-refractivity contribution >= 4 is 52.2 Å². The van der Waals surface area contributed by atoms with E-state index in [2.05, 4.69) is 10.3 Å². The molecule has 2 aliphatic heterocycles. The van der Waals surface area contributed by atoms with Crippen molar-refractivity contribution in [1.29, 1.82) is 0 Å². The van der Waals surface area contributed by atoms with E-state index < -0.39 is 5.92 Å². The van der Waals surface area contributed by atoms with Gasteiger partial charge in [-0.15, -0.1) is 11.8 Å². The Balaban J connectivity index is 1.12. The molecule has 3 heterocycles. The van der Waals surface area contributed by atoms with Crippen LogP contribution in [0.4, 0.5) is 11.4 Å². The maximum absolute atomic E-state index is 13.9. The van der Waals surface area contributed by atoms with E-state index >= 15 is 0 Å². The lowest BCUT2D eigenvalue weighted by molar-refractivity contribution is -0.123. The molecule has 2 saturated carbocycles. The average molecular weight is 626 g/mol. The Labute approximate surface area is 260 Å².